The molecular formula is C12H16O3. The van der Waals surface area contributed by atoms with Gasteiger partial charge in [0.15, 0.2) is 11.5 Å². The van der Waals surface area contributed by atoms with Gasteiger partial charge >= 0.3 is 0 Å². The van der Waals surface area contributed by atoms with Gasteiger partial charge in [-0.2, -0.15) is 0 Å². The Kier molecular flexibility index (Phi) is 3.72. The lowest BCUT2D eigenvalue weighted by atomic mass is 9.97. The van der Waals surface area contributed by atoms with Crippen molar-refractivity contribution in [2.45, 2.75) is 19.8 Å². The van der Waals surface area contributed by atoms with Gasteiger partial charge < -0.3 is 9.47 Å². The Morgan fingerprint density at radius 3 is 2.27 bits per heavy atom. The van der Waals surface area contributed by atoms with Gasteiger partial charge in [-0.1, -0.05) is 13.0 Å². The summed E-state index contributed by atoms with van der Waals surface area (Å²) in [4.78, 5) is 11.2. The minimum atomic E-state index is -0.107. The topological polar surface area (TPSA) is 35.5 Å². The molecule has 1 aromatic carbocycles. The molecule has 1 atom stereocenters. The molecular weight excluding hydrogens is 192 g/mol. The summed E-state index contributed by atoms with van der Waals surface area (Å²) in [7, 11) is 3.17. The zero-order valence-electron chi connectivity index (χ0n) is 9.53. The summed E-state index contributed by atoms with van der Waals surface area (Å²) in [5.41, 5.74) is 0.945. The van der Waals surface area contributed by atoms with E-state index in [1.165, 1.54) is 0 Å². The second-order valence-corrected chi connectivity index (χ2v) is 3.45. The highest BCUT2D eigenvalue weighted by atomic mass is 16.5. The lowest BCUT2D eigenvalue weighted by Gasteiger charge is -2.12. The van der Waals surface area contributed by atoms with E-state index in [-0.39, 0.29) is 11.7 Å². The van der Waals surface area contributed by atoms with Crippen molar-refractivity contribution in [3.05, 3.63) is 23.8 Å². The number of ether oxygens (including phenoxy) is 2. The van der Waals surface area contributed by atoms with Crippen LogP contribution in [0.1, 0.15) is 25.3 Å². The number of carbonyl (C=O) groups is 1. The smallest absolute Gasteiger partial charge is 0.161 e. The third kappa shape index (κ3) is 2.49. The number of benzene rings is 1. The largest absolute Gasteiger partial charge is 0.493 e. The molecule has 82 valence electrons. The van der Waals surface area contributed by atoms with Gasteiger partial charge in [0.25, 0.3) is 0 Å². The van der Waals surface area contributed by atoms with Crippen molar-refractivity contribution in [1.82, 2.24) is 0 Å². The number of ketones is 1. The van der Waals surface area contributed by atoms with Gasteiger partial charge in [0.05, 0.1) is 14.2 Å². The first kappa shape index (κ1) is 11.6. The van der Waals surface area contributed by atoms with Crippen LogP contribution in [0.15, 0.2) is 18.2 Å². The van der Waals surface area contributed by atoms with Gasteiger partial charge in [0.2, 0.25) is 0 Å². The molecule has 15 heavy (non-hydrogen) atoms. The van der Waals surface area contributed by atoms with Crippen LogP contribution in [-0.2, 0) is 4.79 Å². The molecule has 0 N–H and O–H groups in total. The summed E-state index contributed by atoms with van der Waals surface area (Å²) in [6.07, 6.45) is 0. The fraction of sp³-hybridized carbons (Fsp3) is 0.417. The van der Waals surface area contributed by atoms with E-state index in [0.29, 0.717) is 11.5 Å². The van der Waals surface area contributed by atoms with Gasteiger partial charge in [-0.25, -0.2) is 0 Å². The van der Waals surface area contributed by atoms with Gasteiger partial charge in [0, 0.05) is 5.92 Å². The first-order chi connectivity index (χ1) is 7.10. The standard InChI is InChI=1S/C12H16O3/c1-8(9(2)13)10-5-6-11(14-3)12(7-10)15-4/h5-8H,1-4H3/t8-/m1/s1. The van der Waals surface area contributed by atoms with Crippen LogP contribution in [0.5, 0.6) is 11.5 Å². The summed E-state index contributed by atoms with van der Waals surface area (Å²) in [5, 5.41) is 0. The van der Waals surface area contributed by atoms with Crippen LogP contribution >= 0.6 is 0 Å². The number of hydrogen-bond acceptors (Lipinski definition) is 3. The summed E-state index contributed by atoms with van der Waals surface area (Å²) < 4.78 is 10.3. The lowest BCUT2D eigenvalue weighted by Crippen LogP contribution is -2.04. The first-order valence-electron chi connectivity index (χ1n) is 4.82. The van der Waals surface area contributed by atoms with E-state index in [4.69, 9.17) is 9.47 Å². The maximum Gasteiger partial charge on any atom is 0.161 e. The second-order valence-electron chi connectivity index (χ2n) is 3.45. The number of hydrogen-bond donors (Lipinski definition) is 0. The van der Waals surface area contributed by atoms with E-state index in [9.17, 15) is 4.79 Å². The number of carbonyl (C=O) groups excluding carboxylic acids is 1. The number of Topliss-reactive ketones (excluding diaryl/α,β-unsaturated/α-hetero) is 1. The molecule has 3 nitrogen and oxygen atoms in total. The van der Waals surface area contributed by atoms with Crippen LogP contribution in [-0.4, -0.2) is 20.0 Å². The van der Waals surface area contributed by atoms with Crippen LogP contribution in [0.3, 0.4) is 0 Å². The fourth-order valence-electron chi connectivity index (χ4n) is 1.36. The molecule has 0 fully saturated rings. The molecule has 0 spiro atoms. The molecule has 0 aliphatic rings. The van der Waals surface area contributed by atoms with Crippen molar-refractivity contribution in [2.75, 3.05) is 14.2 Å². The zero-order valence-corrected chi connectivity index (χ0v) is 9.53. The van der Waals surface area contributed by atoms with Crippen molar-refractivity contribution in [2.24, 2.45) is 0 Å². The minimum Gasteiger partial charge on any atom is -0.493 e. The van der Waals surface area contributed by atoms with Crippen molar-refractivity contribution in [1.29, 1.82) is 0 Å². The van der Waals surface area contributed by atoms with Crippen molar-refractivity contribution >= 4 is 5.78 Å². The maximum atomic E-state index is 11.2. The molecule has 0 aliphatic carbocycles. The Bertz CT molecular complexity index is 358. The van der Waals surface area contributed by atoms with Crippen molar-refractivity contribution in [3.63, 3.8) is 0 Å². The van der Waals surface area contributed by atoms with Crippen LogP contribution < -0.4 is 9.47 Å². The SMILES string of the molecule is COc1ccc([C@H](C)C(C)=O)cc1OC. The molecule has 3 heteroatoms. The third-order valence-corrected chi connectivity index (χ3v) is 2.52. The average molecular weight is 208 g/mol. The van der Waals surface area contributed by atoms with Crippen LogP contribution in [0.2, 0.25) is 0 Å². The van der Waals surface area contributed by atoms with Crippen LogP contribution in [0.4, 0.5) is 0 Å². The summed E-state index contributed by atoms with van der Waals surface area (Å²) >= 11 is 0. The molecule has 1 aromatic rings. The Balaban J connectivity index is 3.07. The number of methoxy groups -OCH3 is 2. The summed E-state index contributed by atoms with van der Waals surface area (Å²) in [6, 6.07) is 5.53. The van der Waals surface area contributed by atoms with E-state index in [0.717, 1.165) is 5.56 Å². The molecule has 0 radical (unpaired) electrons. The van der Waals surface area contributed by atoms with Crippen LogP contribution in [0.25, 0.3) is 0 Å². The predicted octanol–water partition coefficient (Wildman–Crippen LogP) is 2.40. The average Bonchev–Trinajstić information content (AvgIpc) is 2.26. The molecule has 0 saturated carbocycles. The Morgan fingerprint density at radius 1 is 1.20 bits per heavy atom. The summed E-state index contributed by atoms with van der Waals surface area (Å²) in [6.45, 7) is 3.46. The van der Waals surface area contributed by atoms with E-state index < -0.39 is 0 Å². The Hall–Kier alpha value is -1.51. The van der Waals surface area contributed by atoms with Gasteiger partial charge in [-0.3, -0.25) is 4.79 Å². The Labute approximate surface area is 90.0 Å². The highest BCUT2D eigenvalue weighted by Crippen LogP contribution is 2.30. The molecule has 0 aromatic heterocycles. The highest BCUT2D eigenvalue weighted by molar-refractivity contribution is 5.83. The predicted molar refractivity (Wildman–Crippen MR) is 58.6 cm³/mol. The Morgan fingerprint density at radius 2 is 1.80 bits per heavy atom. The maximum absolute atomic E-state index is 11.2. The highest BCUT2D eigenvalue weighted by Gasteiger charge is 2.13. The van der Waals surface area contributed by atoms with Crippen molar-refractivity contribution in [3.8, 4) is 11.5 Å². The molecule has 0 bridgehead atoms. The van der Waals surface area contributed by atoms with E-state index in [1.807, 2.05) is 25.1 Å². The number of rotatable bonds is 4. The van der Waals surface area contributed by atoms with Crippen LogP contribution in [0, 0.1) is 0 Å². The molecule has 0 aliphatic heterocycles. The third-order valence-electron chi connectivity index (χ3n) is 2.52. The molecule has 0 amide bonds. The summed E-state index contributed by atoms with van der Waals surface area (Å²) in [5.74, 6) is 1.37. The van der Waals surface area contributed by atoms with E-state index in [1.54, 1.807) is 21.1 Å². The normalized spacial score (nSPS) is 12.0. The minimum absolute atomic E-state index is 0.107. The van der Waals surface area contributed by atoms with Gasteiger partial charge in [-0.15, -0.1) is 0 Å². The first-order valence-corrected chi connectivity index (χ1v) is 4.82. The lowest BCUT2D eigenvalue weighted by molar-refractivity contribution is -0.118. The van der Waals surface area contributed by atoms with E-state index >= 15 is 0 Å². The molecule has 0 heterocycles. The monoisotopic (exact) mass is 208 g/mol. The van der Waals surface area contributed by atoms with Gasteiger partial charge in [-0.05, 0) is 24.6 Å². The fourth-order valence-corrected chi connectivity index (χ4v) is 1.36. The zero-order chi connectivity index (χ0) is 11.4. The van der Waals surface area contributed by atoms with E-state index in [2.05, 4.69) is 0 Å². The quantitative estimate of drug-likeness (QED) is 0.762. The van der Waals surface area contributed by atoms with Gasteiger partial charge in [0.1, 0.15) is 5.78 Å². The van der Waals surface area contributed by atoms with Crippen molar-refractivity contribution < 1.29 is 14.3 Å². The molecule has 0 unspecified atom stereocenters. The molecule has 0 saturated heterocycles. The molecule has 1 rings (SSSR count). The second kappa shape index (κ2) is 4.82.